The molecule has 0 heterocycles. The van der Waals surface area contributed by atoms with Gasteiger partial charge in [-0.3, -0.25) is 0 Å². The first-order chi connectivity index (χ1) is 6.00. The summed E-state index contributed by atoms with van der Waals surface area (Å²) in [5, 5.41) is 0. The second-order valence-corrected chi connectivity index (χ2v) is 2.18. The van der Waals surface area contributed by atoms with Crippen LogP contribution in [-0.4, -0.2) is 0 Å². The normalized spacial score (nSPS) is 15.2. The first-order valence-corrected chi connectivity index (χ1v) is 4.63. The highest BCUT2D eigenvalue weighted by atomic mass is 13.8. The molecule has 0 aliphatic heterocycles. The van der Waals surface area contributed by atoms with Gasteiger partial charge in [-0.15, -0.1) is 0 Å². The van der Waals surface area contributed by atoms with E-state index in [0.29, 0.717) is 0 Å². The lowest BCUT2D eigenvalue weighted by atomic mass is 10.5. The smallest absolute Gasteiger partial charge is 0.0163 e. The fourth-order valence-corrected chi connectivity index (χ4v) is 0.786. The summed E-state index contributed by atoms with van der Waals surface area (Å²) in [5.41, 5.74) is 0. The molecule has 0 bridgehead atoms. The molecule has 0 fully saturated rings. The van der Waals surface area contributed by atoms with Crippen LogP contribution >= 0.6 is 0 Å². The highest BCUT2D eigenvalue weighted by Gasteiger charge is 1.72. The summed E-state index contributed by atoms with van der Waals surface area (Å²) in [6.45, 7) is 4.00. The number of rotatable bonds is 0. The topological polar surface area (TPSA) is 0 Å². The molecule has 12 heavy (non-hydrogen) atoms. The highest BCUT2D eigenvalue weighted by Crippen LogP contribution is 1.93. The zero-order chi connectivity index (χ0) is 9.07. The quantitative estimate of drug-likeness (QED) is 0.504. The van der Waals surface area contributed by atoms with Crippen LogP contribution in [0.3, 0.4) is 0 Å². The van der Waals surface area contributed by atoms with E-state index in [1.807, 2.05) is 13.8 Å². The van der Waals surface area contributed by atoms with Crippen LogP contribution in [0.25, 0.3) is 0 Å². The van der Waals surface area contributed by atoms with Gasteiger partial charge >= 0.3 is 0 Å². The molecule has 66 valence electrons. The Bertz CT molecular complexity index is 138. The van der Waals surface area contributed by atoms with Gasteiger partial charge in [0.05, 0.1) is 0 Å². The Balaban J connectivity index is 0.000000168. The van der Waals surface area contributed by atoms with Gasteiger partial charge in [0, 0.05) is 0 Å². The fraction of sp³-hybridized carbons (Fsp3) is 0.333. The summed E-state index contributed by atoms with van der Waals surface area (Å²) in [6.07, 6.45) is 19.0. The molecule has 0 aromatic carbocycles. The minimum Gasteiger partial charge on any atom is -0.0808 e. The molecule has 0 saturated heterocycles. The Morgan fingerprint density at radius 2 is 0.833 bits per heavy atom. The largest absolute Gasteiger partial charge is 0.0808 e. The summed E-state index contributed by atoms with van der Waals surface area (Å²) < 4.78 is 0. The average Bonchev–Trinajstić information content (AvgIpc) is 2.87. The zero-order valence-electron chi connectivity index (χ0n) is 8.03. The van der Waals surface area contributed by atoms with Crippen LogP contribution in [0.2, 0.25) is 0 Å². The van der Waals surface area contributed by atoms with Gasteiger partial charge in [0.1, 0.15) is 0 Å². The van der Waals surface area contributed by atoms with Crippen molar-refractivity contribution in [2.45, 2.75) is 26.7 Å². The first-order valence-electron chi connectivity index (χ1n) is 4.63. The van der Waals surface area contributed by atoms with Gasteiger partial charge in [-0.05, 0) is 12.8 Å². The number of hydrogen-bond acceptors (Lipinski definition) is 0. The van der Waals surface area contributed by atoms with Gasteiger partial charge in [0.25, 0.3) is 0 Å². The van der Waals surface area contributed by atoms with Crippen molar-refractivity contribution in [2.24, 2.45) is 0 Å². The first kappa shape index (κ1) is 11.0. The molecule has 0 spiro atoms. The third-order valence-corrected chi connectivity index (χ3v) is 1.31. The summed E-state index contributed by atoms with van der Waals surface area (Å²) in [6, 6.07) is 0. The molecule has 0 N–H and O–H groups in total. The molecule has 2 aliphatic carbocycles. The van der Waals surface area contributed by atoms with Gasteiger partial charge in [0.15, 0.2) is 0 Å². The van der Waals surface area contributed by atoms with Crippen molar-refractivity contribution in [1.82, 2.24) is 0 Å². The highest BCUT2D eigenvalue weighted by molar-refractivity contribution is 5.12. The van der Waals surface area contributed by atoms with Gasteiger partial charge in [-0.1, -0.05) is 62.5 Å². The molecule has 2 aliphatic rings. The van der Waals surface area contributed by atoms with Gasteiger partial charge < -0.3 is 0 Å². The van der Waals surface area contributed by atoms with Crippen LogP contribution in [0, 0.1) is 0 Å². The minimum absolute atomic E-state index is 1.14. The second-order valence-electron chi connectivity index (χ2n) is 2.18. The van der Waals surface area contributed by atoms with Crippen LogP contribution in [0.4, 0.5) is 0 Å². The Morgan fingerprint density at radius 3 is 0.917 bits per heavy atom. The van der Waals surface area contributed by atoms with Gasteiger partial charge in [-0.2, -0.15) is 0 Å². The van der Waals surface area contributed by atoms with E-state index in [4.69, 9.17) is 0 Å². The average molecular weight is 162 g/mol. The third kappa shape index (κ3) is 7.07. The van der Waals surface area contributed by atoms with E-state index < -0.39 is 0 Å². The van der Waals surface area contributed by atoms with E-state index in [1.54, 1.807) is 0 Å². The zero-order valence-corrected chi connectivity index (χ0v) is 8.03. The molecular formula is C12H18. The molecule has 0 amide bonds. The fourth-order valence-electron chi connectivity index (χ4n) is 0.786. The van der Waals surface area contributed by atoms with E-state index in [2.05, 4.69) is 48.6 Å². The van der Waals surface area contributed by atoms with Crippen molar-refractivity contribution >= 4 is 0 Å². The van der Waals surface area contributed by atoms with E-state index >= 15 is 0 Å². The van der Waals surface area contributed by atoms with E-state index in [0.717, 1.165) is 12.8 Å². The molecule has 0 nitrogen and oxygen atoms in total. The lowest BCUT2D eigenvalue weighted by molar-refractivity contribution is 1.45. The van der Waals surface area contributed by atoms with E-state index in [-0.39, 0.29) is 0 Å². The van der Waals surface area contributed by atoms with Gasteiger partial charge in [0.2, 0.25) is 0 Å². The monoisotopic (exact) mass is 162 g/mol. The molecule has 0 aromatic heterocycles. The SMILES string of the molecule is C1=CCC=C1.C1=CCC=C1.CC. The lowest BCUT2D eigenvalue weighted by Crippen LogP contribution is -1.37. The number of hydrogen-bond donors (Lipinski definition) is 0. The molecule has 0 saturated carbocycles. The maximum atomic E-state index is 2.12. The van der Waals surface area contributed by atoms with E-state index in [9.17, 15) is 0 Å². The van der Waals surface area contributed by atoms with E-state index in [1.165, 1.54) is 0 Å². The predicted octanol–water partition coefficient (Wildman–Crippen LogP) is 4.03. The Labute approximate surface area is 76.0 Å². The van der Waals surface area contributed by atoms with Crippen molar-refractivity contribution < 1.29 is 0 Å². The van der Waals surface area contributed by atoms with Crippen LogP contribution in [-0.2, 0) is 0 Å². The van der Waals surface area contributed by atoms with Crippen LogP contribution in [0.5, 0.6) is 0 Å². The summed E-state index contributed by atoms with van der Waals surface area (Å²) >= 11 is 0. The van der Waals surface area contributed by atoms with Crippen molar-refractivity contribution in [1.29, 1.82) is 0 Å². The van der Waals surface area contributed by atoms with Gasteiger partial charge in [-0.25, -0.2) is 0 Å². The Morgan fingerprint density at radius 1 is 0.583 bits per heavy atom. The number of allylic oxidation sites excluding steroid dienone is 8. The molecular weight excluding hydrogens is 144 g/mol. The summed E-state index contributed by atoms with van der Waals surface area (Å²) in [4.78, 5) is 0. The van der Waals surface area contributed by atoms with Crippen molar-refractivity contribution in [3.05, 3.63) is 48.6 Å². The van der Waals surface area contributed by atoms with Crippen LogP contribution in [0.1, 0.15) is 26.7 Å². The predicted molar refractivity (Wildman–Crippen MR) is 57.1 cm³/mol. The molecule has 2 rings (SSSR count). The molecule has 0 unspecified atom stereocenters. The maximum absolute atomic E-state index is 2.12. The molecule has 0 atom stereocenters. The lowest BCUT2D eigenvalue weighted by Gasteiger charge is -1.57. The summed E-state index contributed by atoms with van der Waals surface area (Å²) in [7, 11) is 0. The Hall–Kier alpha value is -1.04. The standard InChI is InChI=1S/2C5H6.C2H6/c2*1-2-4-5-3-1;1-2/h2*1-4H,5H2;1-2H3. The summed E-state index contributed by atoms with van der Waals surface area (Å²) in [5.74, 6) is 0. The van der Waals surface area contributed by atoms with Crippen molar-refractivity contribution in [3.63, 3.8) is 0 Å². The molecule has 0 radical (unpaired) electrons. The van der Waals surface area contributed by atoms with Crippen molar-refractivity contribution in [2.75, 3.05) is 0 Å². The second kappa shape index (κ2) is 9.96. The maximum Gasteiger partial charge on any atom is -0.0163 e. The Kier molecular flexibility index (Phi) is 9.10. The molecule has 0 aromatic rings. The van der Waals surface area contributed by atoms with Crippen LogP contribution in [0.15, 0.2) is 48.6 Å². The molecule has 0 heteroatoms. The minimum atomic E-state index is 1.14. The van der Waals surface area contributed by atoms with Crippen LogP contribution < -0.4 is 0 Å². The third-order valence-electron chi connectivity index (χ3n) is 1.31. The van der Waals surface area contributed by atoms with Crippen molar-refractivity contribution in [3.8, 4) is 0 Å².